The van der Waals surface area contributed by atoms with E-state index in [9.17, 15) is 4.79 Å². The van der Waals surface area contributed by atoms with Gasteiger partial charge in [0.05, 0.1) is 5.92 Å². The number of para-hydroxylation sites is 1. The molecular formula is C17H27ClN2O. The van der Waals surface area contributed by atoms with Crippen LogP contribution in [0.15, 0.2) is 18.2 Å². The predicted molar refractivity (Wildman–Crippen MR) is 91.5 cm³/mol. The smallest absolute Gasteiger partial charge is 0.228 e. The summed E-state index contributed by atoms with van der Waals surface area (Å²) in [5, 5.41) is 6.46. The van der Waals surface area contributed by atoms with Crippen molar-refractivity contribution in [2.24, 2.45) is 5.92 Å². The van der Waals surface area contributed by atoms with Crippen molar-refractivity contribution in [2.75, 3.05) is 18.4 Å². The Bertz CT molecular complexity index is 453. The third-order valence-corrected chi connectivity index (χ3v) is 4.05. The number of carbonyl (C=O) groups excluding carboxylic acids is 1. The normalized spacial score (nSPS) is 17.9. The van der Waals surface area contributed by atoms with Gasteiger partial charge in [-0.3, -0.25) is 4.79 Å². The summed E-state index contributed by atoms with van der Waals surface area (Å²) in [6, 6.07) is 6.34. The van der Waals surface area contributed by atoms with Gasteiger partial charge in [-0.1, -0.05) is 45.9 Å². The number of hydrogen-bond acceptors (Lipinski definition) is 2. The molecule has 3 nitrogen and oxygen atoms in total. The number of hydrogen-bond donors (Lipinski definition) is 2. The third kappa shape index (κ3) is 4.21. The van der Waals surface area contributed by atoms with Gasteiger partial charge in [-0.2, -0.15) is 0 Å². The zero-order valence-corrected chi connectivity index (χ0v) is 14.2. The van der Waals surface area contributed by atoms with Crippen molar-refractivity contribution >= 4 is 24.0 Å². The number of benzene rings is 1. The van der Waals surface area contributed by atoms with Gasteiger partial charge in [0.2, 0.25) is 5.91 Å². The summed E-state index contributed by atoms with van der Waals surface area (Å²) >= 11 is 0. The zero-order valence-electron chi connectivity index (χ0n) is 13.4. The Labute approximate surface area is 134 Å². The maximum atomic E-state index is 12.4. The highest BCUT2D eigenvalue weighted by Crippen LogP contribution is 2.32. The fourth-order valence-electron chi connectivity index (χ4n) is 2.80. The molecule has 1 aromatic rings. The molecule has 21 heavy (non-hydrogen) atoms. The quantitative estimate of drug-likeness (QED) is 0.885. The summed E-state index contributed by atoms with van der Waals surface area (Å²) in [5.41, 5.74) is 3.50. The van der Waals surface area contributed by atoms with Crippen molar-refractivity contribution in [3.8, 4) is 0 Å². The lowest BCUT2D eigenvalue weighted by Gasteiger charge is -2.21. The second-order valence-electron chi connectivity index (χ2n) is 6.30. The Kier molecular flexibility index (Phi) is 6.69. The fourth-order valence-corrected chi connectivity index (χ4v) is 2.80. The largest absolute Gasteiger partial charge is 0.325 e. The number of anilines is 1. The third-order valence-electron chi connectivity index (χ3n) is 4.05. The van der Waals surface area contributed by atoms with Crippen LogP contribution in [0.5, 0.6) is 0 Å². The minimum absolute atomic E-state index is 0. The molecule has 1 amide bonds. The highest BCUT2D eigenvalue weighted by atomic mass is 35.5. The maximum Gasteiger partial charge on any atom is 0.228 e. The number of amides is 1. The average Bonchev–Trinajstić information content (AvgIpc) is 2.92. The van der Waals surface area contributed by atoms with Crippen LogP contribution < -0.4 is 10.6 Å². The molecule has 1 unspecified atom stereocenters. The maximum absolute atomic E-state index is 12.4. The number of nitrogens with one attached hydrogen (secondary N) is 2. The monoisotopic (exact) mass is 310 g/mol. The molecule has 0 spiro atoms. The van der Waals surface area contributed by atoms with Crippen molar-refractivity contribution < 1.29 is 4.79 Å². The van der Waals surface area contributed by atoms with Crippen LogP contribution in [0.1, 0.15) is 57.1 Å². The van der Waals surface area contributed by atoms with E-state index < -0.39 is 0 Å². The second-order valence-corrected chi connectivity index (χ2v) is 6.30. The molecule has 4 heteroatoms. The van der Waals surface area contributed by atoms with Gasteiger partial charge in [0, 0.05) is 12.2 Å². The van der Waals surface area contributed by atoms with Gasteiger partial charge < -0.3 is 10.6 Å². The first-order valence-corrected chi connectivity index (χ1v) is 7.65. The molecule has 1 aliphatic rings. The van der Waals surface area contributed by atoms with Crippen molar-refractivity contribution in [1.29, 1.82) is 0 Å². The SMILES string of the molecule is CC(C)c1cccc(C(C)C)c1NC(=O)C1CCNC1.Cl. The van der Waals surface area contributed by atoms with Crippen molar-refractivity contribution in [2.45, 2.75) is 46.0 Å². The van der Waals surface area contributed by atoms with E-state index in [1.165, 1.54) is 11.1 Å². The van der Waals surface area contributed by atoms with E-state index >= 15 is 0 Å². The summed E-state index contributed by atoms with van der Waals surface area (Å²) in [4.78, 5) is 12.4. The lowest BCUT2D eigenvalue weighted by molar-refractivity contribution is -0.119. The van der Waals surface area contributed by atoms with Gasteiger partial charge in [-0.15, -0.1) is 12.4 Å². The molecule has 2 rings (SSSR count). The summed E-state index contributed by atoms with van der Waals surface area (Å²) in [6.07, 6.45) is 0.937. The topological polar surface area (TPSA) is 41.1 Å². The van der Waals surface area contributed by atoms with Gasteiger partial charge in [-0.25, -0.2) is 0 Å². The molecule has 0 saturated carbocycles. The molecule has 0 aromatic heterocycles. The van der Waals surface area contributed by atoms with Crippen LogP contribution in [-0.2, 0) is 4.79 Å². The van der Waals surface area contributed by atoms with E-state index in [4.69, 9.17) is 0 Å². The summed E-state index contributed by atoms with van der Waals surface area (Å²) in [7, 11) is 0. The molecule has 1 saturated heterocycles. The molecule has 1 atom stereocenters. The summed E-state index contributed by atoms with van der Waals surface area (Å²) < 4.78 is 0. The first kappa shape index (κ1) is 18.0. The molecule has 0 aliphatic carbocycles. The van der Waals surface area contributed by atoms with E-state index in [1.807, 2.05) is 0 Å². The minimum atomic E-state index is 0. The molecule has 2 N–H and O–H groups in total. The fraction of sp³-hybridized carbons (Fsp3) is 0.588. The number of carbonyl (C=O) groups is 1. The molecule has 1 fully saturated rings. The lowest BCUT2D eigenvalue weighted by atomic mass is 9.92. The standard InChI is InChI=1S/C17H26N2O.ClH/c1-11(2)14-6-5-7-15(12(3)4)16(14)19-17(20)13-8-9-18-10-13;/h5-7,11-13,18H,8-10H2,1-4H3,(H,19,20);1H. The molecule has 118 valence electrons. The van der Waals surface area contributed by atoms with Crippen molar-refractivity contribution in [3.05, 3.63) is 29.3 Å². The van der Waals surface area contributed by atoms with E-state index in [1.54, 1.807) is 0 Å². The number of halogens is 1. The number of rotatable bonds is 4. The Morgan fingerprint density at radius 2 is 1.76 bits per heavy atom. The molecule has 1 aromatic carbocycles. The van der Waals surface area contributed by atoms with Gasteiger partial charge in [0.15, 0.2) is 0 Å². The summed E-state index contributed by atoms with van der Waals surface area (Å²) in [6.45, 7) is 10.4. The first-order chi connectivity index (χ1) is 9.50. The van der Waals surface area contributed by atoms with Crippen LogP contribution in [0.25, 0.3) is 0 Å². The van der Waals surface area contributed by atoms with Crippen LogP contribution in [0.3, 0.4) is 0 Å². The lowest BCUT2D eigenvalue weighted by Crippen LogP contribution is -2.26. The summed E-state index contributed by atoms with van der Waals surface area (Å²) in [5.74, 6) is 1.08. The zero-order chi connectivity index (χ0) is 14.7. The van der Waals surface area contributed by atoms with E-state index in [2.05, 4.69) is 56.5 Å². The highest BCUT2D eigenvalue weighted by molar-refractivity contribution is 5.94. The predicted octanol–water partition coefficient (Wildman–Crippen LogP) is 3.90. The Morgan fingerprint density at radius 3 is 2.19 bits per heavy atom. The molecule has 0 radical (unpaired) electrons. The Balaban J connectivity index is 0.00000220. The van der Waals surface area contributed by atoms with Gasteiger partial charge >= 0.3 is 0 Å². The van der Waals surface area contributed by atoms with Gasteiger partial charge in [0.1, 0.15) is 0 Å². The van der Waals surface area contributed by atoms with Crippen LogP contribution in [0.4, 0.5) is 5.69 Å². The first-order valence-electron chi connectivity index (χ1n) is 7.65. The van der Waals surface area contributed by atoms with E-state index in [-0.39, 0.29) is 24.2 Å². The minimum Gasteiger partial charge on any atom is -0.325 e. The van der Waals surface area contributed by atoms with Crippen molar-refractivity contribution in [1.82, 2.24) is 5.32 Å². The Morgan fingerprint density at radius 1 is 1.19 bits per heavy atom. The van der Waals surface area contributed by atoms with E-state index in [0.29, 0.717) is 11.8 Å². The molecule has 0 bridgehead atoms. The molecular weight excluding hydrogens is 284 g/mol. The molecule has 1 heterocycles. The highest BCUT2D eigenvalue weighted by Gasteiger charge is 2.24. The van der Waals surface area contributed by atoms with E-state index in [0.717, 1.165) is 25.2 Å². The van der Waals surface area contributed by atoms with Crippen molar-refractivity contribution in [3.63, 3.8) is 0 Å². The van der Waals surface area contributed by atoms with Gasteiger partial charge in [-0.05, 0) is 35.9 Å². The van der Waals surface area contributed by atoms with Crippen LogP contribution in [0, 0.1) is 5.92 Å². The van der Waals surface area contributed by atoms with Crippen LogP contribution in [-0.4, -0.2) is 19.0 Å². The average molecular weight is 311 g/mol. The van der Waals surface area contributed by atoms with Crippen LogP contribution in [0.2, 0.25) is 0 Å². The van der Waals surface area contributed by atoms with Crippen LogP contribution >= 0.6 is 12.4 Å². The molecule has 1 aliphatic heterocycles. The van der Waals surface area contributed by atoms with Gasteiger partial charge in [0.25, 0.3) is 0 Å². The second kappa shape index (κ2) is 7.81. The Hall–Kier alpha value is -1.06.